The number of carbonyl (C=O) groups excluding carboxylic acids is 2. The summed E-state index contributed by atoms with van der Waals surface area (Å²) in [5, 5.41) is 2.74. The molecule has 1 aliphatic heterocycles. The molecule has 8 nitrogen and oxygen atoms in total. The number of nitrogens with zero attached hydrogens (tertiary/aromatic N) is 2. The van der Waals surface area contributed by atoms with Crippen molar-refractivity contribution in [2.75, 3.05) is 37.4 Å². The minimum atomic E-state index is -3.58. The number of amides is 1. The molecule has 9 heteroatoms. The minimum absolute atomic E-state index is 0.232. The number of esters is 1. The van der Waals surface area contributed by atoms with Crippen molar-refractivity contribution in [2.24, 2.45) is 5.92 Å². The first-order valence-corrected chi connectivity index (χ1v) is 12.0. The highest BCUT2D eigenvalue weighted by atomic mass is 32.2. The average Bonchev–Trinajstić information content (AvgIpc) is 2.80. The summed E-state index contributed by atoms with van der Waals surface area (Å²) in [7, 11) is 0.278. The fourth-order valence-electron chi connectivity index (χ4n) is 3.48. The lowest BCUT2D eigenvalue weighted by atomic mass is 9.98. The maximum absolute atomic E-state index is 12.7. The van der Waals surface area contributed by atoms with Crippen molar-refractivity contribution in [1.82, 2.24) is 4.31 Å². The Balaban J connectivity index is 1.50. The molecule has 0 spiro atoms. The highest BCUT2D eigenvalue weighted by Crippen LogP contribution is 2.25. The van der Waals surface area contributed by atoms with Gasteiger partial charge in [0.2, 0.25) is 10.0 Å². The molecule has 1 unspecified atom stereocenters. The van der Waals surface area contributed by atoms with Gasteiger partial charge in [-0.15, -0.1) is 0 Å². The van der Waals surface area contributed by atoms with E-state index in [4.69, 9.17) is 4.74 Å². The summed E-state index contributed by atoms with van der Waals surface area (Å²) in [4.78, 5) is 27.1. The third-order valence-corrected chi connectivity index (χ3v) is 7.39. The van der Waals surface area contributed by atoms with Crippen LogP contribution in [-0.4, -0.2) is 57.9 Å². The summed E-state index contributed by atoms with van der Waals surface area (Å²) in [6, 6.07) is 15.6. The molecule has 2 aromatic carbocycles. The minimum Gasteiger partial charge on any atom is -0.452 e. The van der Waals surface area contributed by atoms with Crippen LogP contribution < -0.4 is 10.2 Å². The van der Waals surface area contributed by atoms with Gasteiger partial charge < -0.3 is 15.0 Å². The molecule has 1 amide bonds. The summed E-state index contributed by atoms with van der Waals surface area (Å²) in [5.41, 5.74) is 1.62. The van der Waals surface area contributed by atoms with Gasteiger partial charge in [0, 0.05) is 38.6 Å². The zero-order valence-electron chi connectivity index (χ0n) is 18.5. The molecule has 32 heavy (non-hydrogen) atoms. The Kier molecular flexibility index (Phi) is 7.52. The summed E-state index contributed by atoms with van der Waals surface area (Å²) >= 11 is 0. The van der Waals surface area contributed by atoms with Gasteiger partial charge in [0.25, 0.3) is 5.91 Å². The standard InChI is InChI=1S/C23H29N3O5S/c1-17(22(27)24-19-9-11-20(12-10-19)25(2)3)31-23(28)18-13-15-26(16-14-18)32(29,30)21-7-5-4-6-8-21/h4-12,17-18H,13-16H2,1-3H3,(H,24,27). The molecule has 1 saturated heterocycles. The SMILES string of the molecule is CC(OC(=O)C1CCN(S(=O)(=O)c2ccccc2)CC1)C(=O)Nc1ccc(N(C)C)cc1. The molecule has 2 aromatic rings. The Morgan fingerprint density at radius 3 is 2.19 bits per heavy atom. The molecule has 1 fully saturated rings. The number of anilines is 2. The molecule has 172 valence electrons. The molecular formula is C23H29N3O5S. The first-order chi connectivity index (χ1) is 15.2. The van der Waals surface area contributed by atoms with E-state index < -0.39 is 33.9 Å². The molecule has 0 bridgehead atoms. The van der Waals surface area contributed by atoms with E-state index in [0.717, 1.165) is 5.69 Å². The summed E-state index contributed by atoms with van der Waals surface area (Å²) in [6.45, 7) is 1.99. The van der Waals surface area contributed by atoms with Gasteiger partial charge in [0.05, 0.1) is 10.8 Å². The van der Waals surface area contributed by atoms with Crippen molar-refractivity contribution < 1.29 is 22.7 Å². The van der Waals surface area contributed by atoms with Crippen LogP contribution in [0.4, 0.5) is 11.4 Å². The van der Waals surface area contributed by atoms with Crippen LogP contribution in [0, 0.1) is 5.92 Å². The summed E-state index contributed by atoms with van der Waals surface area (Å²) < 4.78 is 32.2. The molecular weight excluding hydrogens is 430 g/mol. The molecule has 1 atom stereocenters. The van der Waals surface area contributed by atoms with E-state index in [1.807, 2.05) is 31.1 Å². The maximum Gasteiger partial charge on any atom is 0.309 e. The largest absolute Gasteiger partial charge is 0.452 e. The van der Waals surface area contributed by atoms with Crippen LogP contribution in [-0.2, 0) is 24.3 Å². The Labute approximate surface area is 189 Å². The fraction of sp³-hybridized carbons (Fsp3) is 0.391. The predicted octanol–water partition coefficient (Wildman–Crippen LogP) is 2.72. The van der Waals surface area contributed by atoms with Gasteiger partial charge in [-0.25, -0.2) is 8.42 Å². The monoisotopic (exact) mass is 459 g/mol. The maximum atomic E-state index is 12.7. The second kappa shape index (κ2) is 10.1. The molecule has 1 heterocycles. The smallest absolute Gasteiger partial charge is 0.309 e. The van der Waals surface area contributed by atoms with E-state index in [-0.39, 0.29) is 18.0 Å². The van der Waals surface area contributed by atoms with Gasteiger partial charge in [-0.2, -0.15) is 4.31 Å². The fourth-order valence-corrected chi connectivity index (χ4v) is 4.97. The predicted molar refractivity (Wildman–Crippen MR) is 123 cm³/mol. The first kappa shape index (κ1) is 23.7. The number of hydrogen-bond donors (Lipinski definition) is 1. The van der Waals surface area contributed by atoms with Crippen LogP contribution in [0.5, 0.6) is 0 Å². The molecule has 0 aromatic heterocycles. The zero-order chi connectivity index (χ0) is 23.3. The van der Waals surface area contributed by atoms with Crippen LogP contribution in [0.1, 0.15) is 19.8 Å². The third kappa shape index (κ3) is 5.66. The quantitative estimate of drug-likeness (QED) is 0.640. The third-order valence-electron chi connectivity index (χ3n) is 5.48. The molecule has 1 aliphatic rings. The molecule has 0 radical (unpaired) electrons. The number of hydrogen-bond acceptors (Lipinski definition) is 6. The second-order valence-electron chi connectivity index (χ2n) is 8.00. The van der Waals surface area contributed by atoms with E-state index in [2.05, 4.69) is 5.32 Å². The van der Waals surface area contributed by atoms with Crippen molar-refractivity contribution in [3.05, 3.63) is 54.6 Å². The van der Waals surface area contributed by atoms with E-state index in [1.54, 1.807) is 42.5 Å². The van der Waals surface area contributed by atoms with Crippen molar-refractivity contribution in [2.45, 2.75) is 30.8 Å². The Morgan fingerprint density at radius 2 is 1.62 bits per heavy atom. The van der Waals surface area contributed by atoms with Gasteiger partial charge >= 0.3 is 5.97 Å². The van der Waals surface area contributed by atoms with E-state index >= 15 is 0 Å². The van der Waals surface area contributed by atoms with Crippen LogP contribution in [0.15, 0.2) is 59.5 Å². The highest BCUT2D eigenvalue weighted by molar-refractivity contribution is 7.89. The normalized spacial score (nSPS) is 16.2. The van der Waals surface area contributed by atoms with Crippen LogP contribution in [0.2, 0.25) is 0 Å². The van der Waals surface area contributed by atoms with Gasteiger partial charge in [0.1, 0.15) is 0 Å². The van der Waals surface area contributed by atoms with Gasteiger partial charge in [-0.3, -0.25) is 9.59 Å². The first-order valence-electron chi connectivity index (χ1n) is 10.5. The van der Waals surface area contributed by atoms with E-state index in [0.29, 0.717) is 18.5 Å². The lowest BCUT2D eigenvalue weighted by molar-refractivity contribution is -0.158. The van der Waals surface area contributed by atoms with E-state index in [1.165, 1.54) is 11.2 Å². The lowest BCUT2D eigenvalue weighted by Gasteiger charge is -2.30. The highest BCUT2D eigenvalue weighted by Gasteiger charge is 2.33. The number of ether oxygens (including phenoxy) is 1. The Bertz CT molecular complexity index is 1030. The lowest BCUT2D eigenvalue weighted by Crippen LogP contribution is -2.41. The van der Waals surface area contributed by atoms with Gasteiger partial charge in [0.15, 0.2) is 6.10 Å². The molecule has 1 N–H and O–H groups in total. The molecule has 0 aliphatic carbocycles. The Hall–Kier alpha value is -2.91. The average molecular weight is 460 g/mol. The summed E-state index contributed by atoms with van der Waals surface area (Å²) in [5.74, 6) is -1.33. The number of sulfonamides is 1. The van der Waals surface area contributed by atoms with E-state index in [9.17, 15) is 18.0 Å². The number of piperidine rings is 1. The van der Waals surface area contributed by atoms with Crippen LogP contribution >= 0.6 is 0 Å². The number of rotatable bonds is 7. The number of nitrogens with one attached hydrogen (secondary N) is 1. The number of benzene rings is 2. The van der Waals surface area contributed by atoms with Crippen LogP contribution in [0.3, 0.4) is 0 Å². The van der Waals surface area contributed by atoms with Crippen molar-refractivity contribution >= 4 is 33.3 Å². The topological polar surface area (TPSA) is 96.0 Å². The van der Waals surface area contributed by atoms with Crippen molar-refractivity contribution in [1.29, 1.82) is 0 Å². The molecule has 3 rings (SSSR count). The summed E-state index contributed by atoms with van der Waals surface area (Å²) in [6.07, 6.45) is -0.252. The van der Waals surface area contributed by atoms with Crippen LogP contribution in [0.25, 0.3) is 0 Å². The van der Waals surface area contributed by atoms with Gasteiger partial charge in [-0.1, -0.05) is 18.2 Å². The zero-order valence-corrected chi connectivity index (χ0v) is 19.3. The second-order valence-corrected chi connectivity index (χ2v) is 9.94. The number of carbonyl (C=O) groups is 2. The van der Waals surface area contributed by atoms with Gasteiger partial charge in [-0.05, 0) is 56.2 Å². The van der Waals surface area contributed by atoms with Crippen molar-refractivity contribution in [3.8, 4) is 0 Å². The Morgan fingerprint density at radius 1 is 1.03 bits per heavy atom. The van der Waals surface area contributed by atoms with Crippen molar-refractivity contribution in [3.63, 3.8) is 0 Å². The molecule has 0 saturated carbocycles.